The van der Waals surface area contributed by atoms with Crippen molar-refractivity contribution in [2.75, 3.05) is 13.2 Å². The van der Waals surface area contributed by atoms with Gasteiger partial charge in [0.15, 0.2) is 12.1 Å². The van der Waals surface area contributed by atoms with Crippen LogP contribution in [0.5, 0.6) is 0 Å². The van der Waals surface area contributed by atoms with Gasteiger partial charge in [0, 0.05) is 12.5 Å². The number of carbonyl (C=O) groups excluding carboxylic acids is 1. The van der Waals surface area contributed by atoms with E-state index in [1.54, 1.807) is 12.1 Å². The van der Waals surface area contributed by atoms with Crippen molar-refractivity contribution in [3.05, 3.63) is 71.8 Å². The molecular weight excluding hydrogens is 384 g/mol. The van der Waals surface area contributed by atoms with Crippen LogP contribution < -0.4 is 0 Å². The van der Waals surface area contributed by atoms with Crippen molar-refractivity contribution in [1.29, 1.82) is 0 Å². The fraction of sp³-hybridized carbons (Fsp3) is 0.458. The predicted molar refractivity (Wildman–Crippen MR) is 110 cm³/mol. The SMILES string of the molecule is CC1(C)OC2OC(COC(=O)c3ccccc3)C(CCOCc3ccccc3)C2O1. The van der Waals surface area contributed by atoms with E-state index in [1.165, 1.54) is 0 Å². The molecule has 0 N–H and O–H groups in total. The first-order valence-electron chi connectivity index (χ1n) is 10.4. The highest BCUT2D eigenvalue weighted by molar-refractivity contribution is 5.89. The Kier molecular flexibility index (Phi) is 6.49. The summed E-state index contributed by atoms with van der Waals surface area (Å²) in [6.45, 7) is 5.01. The van der Waals surface area contributed by atoms with Gasteiger partial charge in [-0.05, 0) is 38.0 Å². The lowest BCUT2D eigenvalue weighted by Gasteiger charge is -2.25. The highest BCUT2D eigenvalue weighted by atomic mass is 16.8. The minimum absolute atomic E-state index is 0.0103. The largest absolute Gasteiger partial charge is 0.459 e. The molecule has 4 atom stereocenters. The molecule has 4 rings (SSSR count). The molecule has 0 amide bonds. The molecule has 6 heteroatoms. The molecule has 0 radical (unpaired) electrons. The smallest absolute Gasteiger partial charge is 0.338 e. The Bertz CT molecular complexity index is 822. The summed E-state index contributed by atoms with van der Waals surface area (Å²) in [7, 11) is 0. The quantitative estimate of drug-likeness (QED) is 0.483. The molecule has 2 heterocycles. The predicted octanol–water partition coefficient (Wildman–Crippen LogP) is 3.94. The lowest BCUT2D eigenvalue weighted by molar-refractivity contribution is -0.214. The van der Waals surface area contributed by atoms with Gasteiger partial charge in [-0.2, -0.15) is 0 Å². The molecule has 2 aliphatic heterocycles. The minimum Gasteiger partial charge on any atom is -0.459 e. The summed E-state index contributed by atoms with van der Waals surface area (Å²) >= 11 is 0. The Hall–Kier alpha value is -2.25. The summed E-state index contributed by atoms with van der Waals surface area (Å²) in [5.41, 5.74) is 1.65. The lowest BCUT2D eigenvalue weighted by atomic mass is 9.95. The van der Waals surface area contributed by atoms with Gasteiger partial charge < -0.3 is 23.7 Å². The Morgan fingerprint density at radius 2 is 1.70 bits per heavy atom. The molecule has 160 valence electrons. The van der Waals surface area contributed by atoms with Crippen molar-refractivity contribution < 1.29 is 28.5 Å². The van der Waals surface area contributed by atoms with Crippen molar-refractivity contribution >= 4 is 5.97 Å². The maximum Gasteiger partial charge on any atom is 0.338 e. The first-order valence-corrected chi connectivity index (χ1v) is 10.4. The summed E-state index contributed by atoms with van der Waals surface area (Å²) in [5.74, 6) is -1.04. The Morgan fingerprint density at radius 1 is 1.00 bits per heavy atom. The number of esters is 1. The topological polar surface area (TPSA) is 63.2 Å². The zero-order valence-corrected chi connectivity index (χ0v) is 17.4. The summed E-state index contributed by atoms with van der Waals surface area (Å²) in [4.78, 5) is 12.3. The number of hydrogen-bond donors (Lipinski definition) is 0. The van der Waals surface area contributed by atoms with Crippen LogP contribution in [0.4, 0.5) is 0 Å². The molecule has 0 spiro atoms. The van der Waals surface area contributed by atoms with Gasteiger partial charge in [0.2, 0.25) is 0 Å². The fourth-order valence-corrected chi connectivity index (χ4v) is 3.95. The third-order valence-electron chi connectivity index (χ3n) is 5.39. The molecule has 6 nitrogen and oxygen atoms in total. The van der Waals surface area contributed by atoms with Crippen molar-refractivity contribution in [1.82, 2.24) is 0 Å². The highest BCUT2D eigenvalue weighted by Crippen LogP contribution is 2.42. The van der Waals surface area contributed by atoms with E-state index in [0.29, 0.717) is 18.8 Å². The van der Waals surface area contributed by atoms with E-state index < -0.39 is 12.1 Å². The van der Waals surface area contributed by atoms with Gasteiger partial charge in [-0.3, -0.25) is 0 Å². The number of fused-ring (bicyclic) bond motifs is 1. The number of rotatable bonds is 8. The molecular formula is C24H28O6. The van der Waals surface area contributed by atoms with Gasteiger partial charge in [0.05, 0.1) is 12.2 Å². The maximum atomic E-state index is 12.3. The van der Waals surface area contributed by atoms with E-state index in [-0.39, 0.29) is 30.7 Å². The molecule has 2 aliphatic rings. The van der Waals surface area contributed by atoms with Crippen LogP contribution >= 0.6 is 0 Å². The molecule has 2 aromatic rings. The summed E-state index contributed by atoms with van der Waals surface area (Å²) in [6, 6.07) is 19.0. The molecule has 0 aliphatic carbocycles. The molecule has 2 aromatic carbocycles. The Morgan fingerprint density at radius 3 is 2.43 bits per heavy atom. The maximum absolute atomic E-state index is 12.3. The van der Waals surface area contributed by atoms with Gasteiger partial charge in [-0.25, -0.2) is 4.79 Å². The third kappa shape index (κ3) is 5.08. The molecule has 4 unspecified atom stereocenters. The molecule has 0 saturated carbocycles. The van der Waals surface area contributed by atoms with E-state index in [4.69, 9.17) is 23.7 Å². The Balaban J connectivity index is 1.33. The summed E-state index contributed by atoms with van der Waals surface area (Å²) < 4.78 is 29.4. The van der Waals surface area contributed by atoms with E-state index in [2.05, 4.69) is 0 Å². The lowest BCUT2D eigenvalue weighted by Crippen LogP contribution is -2.33. The zero-order valence-electron chi connectivity index (χ0n) is 17.4. The molecule has 2 saturated heterocycles. The van der Waals surface area contributed by atoms with Gasteiger partial charge in [-0.15, -0.1) is 0 Å². The van der Waals surface area contributed by atoms with E-state index in [0.717, 1.165) is 12.0 Å². The van der Waals surface area contributed by atoms with E-state index >= 15 is 0 Å². The van der Waals surface area contributed by atoms with Crippen LogP contribution in [0.1, 0.15) is 36.2 Å². The van der Waals surface area contributed by atoms with Crippen molar-refractivity contribution in [3.63, 3.8) is 0 Å². The molecule has 30 heavy (non-hydrogen) atoms. The van der Waals surface area contributed by atoms with Crippen LogP contribution in [0.15, 0.2) is 60.7 Å². The van der Waals surface area contributed by atoms with Gasteiger partial charge in [-0.1, -0.05) is 48.5 Å². The second kappa shape index (κ2) is 9.27. The van der Waals surface area contributed by atoms with Crippen molar-refractivity contribution in [2.24, 2.45) is 5.92 Å². The molecule has 0 bridgehead atoms. The molecule has 2 fully saturated rings. The van der Waals surface area contributed by atoms with Crippen molar-refractivity contribution in [2.45, 2.75) is 51.2 Å². The first-order chi connectivity index (χ1) is 14.5. The van der Waals surface area contributed by atoms with Crippen LogP contribution in [-0.2, 0) is 30.3 Å². The normalized spacial score (nSPS) is 27.0. The Labute approximate surface area is 177 Å². The average Bonchev–Trinajstić information content (AvgIpc) is 3.22. The standard InChI is InChI=1S/C24H28O6/c1-24(2)29-21-19(13-14-26-15-17-9-5-3-6-10-17)20(28-23(21)30-24)16-27-22(25)18-11-7-4-8-12-18/h3-12,19-21,23H,13-16H2,1-2H3. The monoisotopic (exact) mass is 412 g/mol. The van der Waals surface area contributed by atoms with Crippen LogP contribution in [0.2, 0.25) is 0 Å². The van der Waals surface area contributed by atoms with Crippen LogP contribution in [-0.4, -0.2) is 43.5 Å². The molecule has 0 aromatic heterocycles. The van der Waals surface area contributed by atoms with Gasteiger partial charge in [0.1, 0.15) is 18.8 Å². The fourth-order valence-electron chi connectivity index (χ4n) is 3.95. The van der Waals surface area contributed by atoms with Gasteiger partial charge >= 0.3 is 5.97 Å². The van der Waals surface area contributed by atoms with Crippen LogP contribution in [0, 0.1) is 5.92 Å². The second-order valence-electron chi connectivity index (χ2n) is 8.10. The second-order valence-corrected chi connectivity index (χ2v) is 8.10. The first kappa shape index (κ1) is 21.0. The zero-order chi connectivity index (χ0) is 21.0. The minimum atomic E-state index is -0.690. The van der Waals surface area contributed by atoms with Crippen LogP contribution in [0.3, 0.4) is 0 Å². The van der Waals surface area contributed by atoms with Crippen LogP contribution in [0.25, 0.3) is 0 Å². The van der Waals surface area contributed by atoms with Gasteiger partial charge in [0.25, 0.3) is 0 Å². The van der Waals surface area contributed by atoms with E-state index in [1.807, 2.05) is 62.4 Å². The van der Waals surface area contributed by atoms with E-state index in [9.17, 15) is 4.79 Å². The third-order valence-corrected chi connectivity index (χ3v) is 5.39. The number of benzene rings is 2. The van der Waals surface area contributed by atoms with Crippen molar-refractivity contribution in [3.8, 4) is 0 Å². The summed E-state index contributed by atoms with van der Waals surface area (Å²) in [5, 5.41) is 0. The summed E-state index contributed by atoms with van der Waals surface area (Å²) in [6.07, 6.45) is -0.245. The number of ether oxygens (including phenoxy) is 5. The number of carbonyl (C=O) groups is 1. The average molecular weight is 412 g/mol. The highest BCUT2D eigenvalue weighted by Gasteiger charge is 2.54. The number of hydrogen-bond acceptors (Lipinski definition) is 6.